The van der Waals surface area contributed by atoms with Gasteiger partial charge in [-0.2, -0.15) is 0 Å². The van der Waals surface area contributed by atoms with Crippen molar-refractivity contribution in [1.29, 1.82) is 0 Å². The second kappa shape index (κ2) is 7.51. The maximum Gasteiger partial charge on any atom is 0.202 e. The van der Waals surface area contributed by atoms with Crippen molar-refractivity contribution in [2.24, 2.45) is 5.92 Å². The summed E-state index contributed by atoms with van der Waals surface area (Å²) in [5.74, 6) is 0.241. The summed E-state index contributed by atoms with van der Waals surface area (Å²) in [5.41, 5.74) is 9.21. The largest absolute Gasteiger partial charge is 0.369 e. The van der Waals surface area contributed by atoms with Gasteiger partial charge < -0.3 is 10.7 Å². The summed E-state index contributed by atoms with van der Waals surface area (Å²) in [5, 5.41) is 0. The molecular weight excluding hydrogens is 386 g/mol. The molecule has 0 aliphatic heterocycles. The first-order valence-electron chi connectivity index (χ1n) is 9.93. The van der Waals surface area contributed by atoms with E-state index < -0.39 is 11.6 Å². The molecule has 3 heterocycles. The minimum Gasteiger partial charge on any atom is -0.369 e. The van der Waals surface area contributed by atoms with E-state index in [0.29, 0.717) is 52.5 Å². The number of anilines is 1. The summed E-state index contributed by atoms with van der Waals surface area (Å²) in [6.45, 7) is 8.84. The Kier molecular flexibility index (Phi) is 5.01. The van der Waals surface area contributed by atoms with Crippen LogP contribution in [0.15, 0.2) is 30.3 Å². The van der Waals surface area contributed by atoms with Crippen molar-refractivity contribution in [3.8, 4) is 22.6 Å². The van der Waals surface area contributed by atoms with E-state index in [2.05, 4.69) is 28.8 Å². The van der Waals surface area contributed by atoms with Crippen LogP contribution >= 0.6 is 0 Å². The Hall–Kier alpha value is -3.29. The number of rotatable bonds is 5. The van der Waals surface area contributed by atoms with Crippen LogP contribution < -0.4 is 5.73 Å². The van der Waals surface area contributed by atoms with Gasteiger partial charge in [0, 0.05) is 24.1 Å². The van der Waals surface area contributed by atoms with Crippen LogP contribution in [0, 0.1) is 17.6 Å². The van der Waals surface area contributed by atoms with Gasteiger partial charge in [-0.05, 0) is 30.2 Å². The zero-order valence-electron chi connectivity index (χ0n) is 17.4. The molecule has 0 saturated carbocycles. The summed E-state index contributed by atoms with van der Waals surface area (Å²) >= 11 is 0. The maximum atomic E-state index is 14.6. The number of pyridine rings is 1. The van der Waals surface area contributed by atoms with Crippen LogP contribution in [0.3, 0.4) is 0 Å². The van der Waals surface area contributed by atoms with Crippen molar-refractivity contribution < 1.29 is 8.78 Å². The highest BCUT2D eigenvalue weighted by molar-refractivity contribution is 5.82. The summed E-state index contributed by atoms with van der Waals surface area (Å²) in [7, 11) is 0. The molecule has 0 bridgehead atoms. The minimum atomic E-state index is -0.673. The van der Waals surface area contributed by atoms with Gasteiger partial charge in [0.15, 0.2) is 5.65 Å². The number of aromatic nitrogens is 5. The first kappa shape index (κ1) is 20.0. The van der Waals surface area contributed by atoms with Crippen LogP contribution in [-0.4, -0.2) is 24.5 Å². The number of benzene rings is 1. The Morgan fingerprint density at radius 3 is 2.47 bits per heavy atom. The third-order valence-corrected chi connectivity index (χ3v) is 4.88. The zero-order chi connectivity index (χ0) is 21.6. The normalized spacial score (nSPS) is 11.9. The summed E-state index contributed by atoms with van der Waals surface area (Å²) < 4.78 is 29.9. The number of halogens is 2. The monoisotopic (exact) mass is 410 g/mol. The lowest BCUT2D eigenvalue weighted by Crippen LogP contribution is -2.08. The first-order valence-corrected chi connectivity index (χ1v) is 9.93. The number of nitrogens with zero attached hydrogens (tertiary/aromatic N) is 4. The molecule has 3 aromatic heterocycles. The van der Waals surface area contributed by atoms with Gasteiger partial charge in [0.2, 0.25) is 5.95 Å². The smallest absolute Gasteiger partial charge is 0.202 e. The molecule has 0 fully saturated rings. The molecule has 0 spiro atoms. The van der Waals surface area contributed by atoms with E-state index in [1.807, 2.05) is 24.5 Å². The second-order valence-electron chi connectivity index (χ2n) is 8.14. The highest BCUT2D eigenvalue weighted by Crippen LogP contribution is 2.33. The van der Waals surface area contributed by atoms with Gasteiger partial charge >= 0.3 is 0 Å². The standard InChI is InChI=1S/C22H24F2N6/c1-11(2)10-30-21-17(27-22(30)25)8-7-16(26-21)19-18(28-20(29-19)12(3)4)14-6-5-13(23)9-15(14)24/h5-9,11-12H,10H2,1-4H3,(H2,25,27)(H,28,29). The Balaban J connectivity index is 1.92. The van der Waals surface area contributed by atoms with Crippen molar-refractivity contribution in [2.45, 2.75) is 40.2 Å². The van der Waals surface area contributed by atoms with Crippen molar-refractivity contribution in [2.75, 3.05) is 5.73 Å². The highest BCUT2D eigenvalue weighted by Gasteiger charge is 2.21. The topological polar surface area (TPSA) is 85.4 Å². The molecule has 0 saturated heterocycles. The molecule has 0 aliphatic rings. The molecule has 4 rings (SSSR count). The molecule has 3 N–H and O–H groups in total. The Labute approximate surface area is 173 Å². The van der Waals surface area contributed by atoms with Crippen LogP contribution in [-0.2, 0) is 6.54 Å². The molecule has 156 valence electrons. The van der Waals surface area contributed by atoms with Gasteiger partial charge in [-0.15, -0.1) is 0 Å². The van der Waals surface area contributed by atoms with Crippen LogP contribution in [0.1, 0.15) is 39.4 Å². The van der Waals surface area contributed by atoms with Crippen molar-refractivity contribution >= 4 is 17.1 Å². The van der Waals surface area contributed by atoms with Gasteiger partial charge in [0.25, 0.3) is 0 Å². The summed E-state index contributed by atoms with van der Waals surface area (Å²) in [4.78, 5) is 17.0. The molecule has 30 heavy (non-hydrogen) atoms. The lowest BCUT2D eigenvalue weighted by molar-refractivity contribution is 0.535. The third kappa shape index (κ3) is 3.53. The first-order chi connectivity index (χ1) is 14.2. The van der Waals surface area contributed by atoms with E-state index in [4.69, 9.17) is 10.7 Å². The average molecular weight is 410 g/mol. The van der Waals surface area contributed by atoms with Crippen molar-refractivity contribution in [3.63, 3.8) is 0 Å². The van der Waals surface area contributed by atoms with E-state index in [-0.39, 0.29) is 11.5 Å². The quantitative estimate of drug-likeness (QED) is 0.478. The van der Waals surface area contributed by atoms with E-state index >= 15 is 0 Å². The van der Waals surface area contributed by atoms with Gasteiger partial charge in [-0.25, -0.2) is 23.7 Å². The molecular formula is C22H24F2N6. The second-order valence-corrected chi connectivity index (χ2v) is 8.14. The van der Waals surface area contributed by atoms with E-state index in [0.717, 1.165) is 6.07 Å². The van der Waals surface area contributed by atoms with Crippen LogP contribution in [0.25, 0.3) is 33.8 Å². The highest BCUT2D eigenvalue weighted by atomic mass is 19.1. The fourth-order valence-corrected chi connectivity index (χ4v) is 3.43. The van der Waals surface area contributed by atoms with Gasteiger partial charge in [-0.3, -0.25) is 4.57 Å². The number of imidazole rings is 2. The maximum absolute atomic E-state index is 14.6. The van der Waals surface area contributed by atoms with E-state index in [1.54, 1.807) is 6.07 Å². The Morgan fingerprint density at radius 1 is 1.03 bits per heavy atom. The lowest BCUT2D eigenvalue weighted by atomic mass is 10.1. The number of nitrogens with two attached hydrogens (primary N) is 1. The number of fused-ring (bicyclic) bond motifs is 1. The zero-order valence-corrected chi connectivity index (χ0v) is 17.4. The van der Waals surface area contributed by atoms with Crippen LogP contribution in [0.5, 0.6) is 0 Å². The number of nitrogen functional groups attached to an aromatic ring is 1. The number of H-pyrrole nitrogens is 1. The molecule has 0 amide bonds. The van der Waals surface area contributed by atoms with E-state index in [9.17, 15) is 8.78 Å². The Morgan fingerprint density at radius 2 is 1.80 bits per heavy atom. The molecule has 8 heteroatoms. The fourth-order valence-electron chi connectivity index (χ4n) is 3.43. The molecule has 0 atom stereocenters. The predicted molar refractivity (Wildman–Crippen MR) is 114 cm³/mol. The number of hydrogen-bond donors (Lipinski definition) is 2. The molecule has 6 nitrogen and oxygen atoms in total. The molecule has 4 aromatic rings. The molecule has 1 aromatic carbocycles. The van der Waals surface area contributed by atoms with Gasteiger partial charge in [0.05, 0.1) is 11.4 Å². The lowest BCUT2D eigenvalue weighted by Gasteiger charge is -2.09. The SMILES string of the molecule is CC(C)Cn1c(N)nc2ccc(-c3[nH]c(C(C)C)nc3-c3ccc(F)cc3F)nc21. The minimum absolute atomic E-state index is 0.0897. The number of nitrogens with one attached hydrogen (secondary N) is 1. The molecule has 0 unspecified atom stereocenters. The number of aromatic amines is 1. The number of hydrogen-bond acceptors (Lipinski definition) is 4. The molecule has 0 radical (unpaired) electrons. The third-order valence-electron chi connectivity index (χ3n) is 4.88. The van der Waals surface area contributed by atoms with Crippen molar-refractivity contribution in [1.82, 2.24) is 24.5 Å². The summed E-state index contributed by atoms with van der Waals surface area (Å²) in [6.07, 6.45) is 0. The summed E-state index contributed by atoms with van der Waals surface area (Å²) in [6, 6.07) is 7.12. The van der Waals surface area contributed by atoms with Crippen LogP contribution in [0.4, 0.5) is 14.7 Å². The van der Waals surface area contributed by atoms with Crippen LogP contribution in [0.2, 0.25) is 0 Å². The predicted octanol–water partition coefficient (Wildman–Crippen LogP) is 5.13. The molecule has 0 aliphatic carbocycles. The van der Waals surface area contributed by atoms with Gasteiger partial charge in [0.1, 0.15) is 28.7 Å². The fraction of sp³-hybridized carbons (Fsp3) is 0.318. The van der Waals surface area contributed by atoms with E-state index in [1.165, 1.54) is 12.1 Å². The average Bonchev–Trinajstić information content (AvgIpc) is 3.23. The Bertz CT molecular complexity index is 1220. The van der Waals surface area contributed by atoms with Gasteiger partial charge in [-0.1, -0.05) is 27.7 Å². The van der Waals surface area contributed by atoms with Crippen molar-refractivity contribution in [3.05, 3.63) is 47.8 Å².